The van der Waals surface area contributed by atoms with Gasteiger partial charge in [0.25, 0.3) is 0 Å². The molecule has 0 unspecified atom stereocenters. The van der Waals surface area contributed by atoms with Gasteiger partial charge in [0.2, 0.25) is 5.88 Å². The number of phenols is 1. The summed E-state index contributed by atoms with van der Waals surface area (Å²) in [6, 6.07) is 11.4. The van der Waals surface area contributed by atoms with E-state index in [1.165, 1.54) is 19.2 Å². The molecule has 0 saturated heterocycles. The highest BCUT2D eigenvalue weighted by Gasteiger charge is 2.39. The Bertz CT molecular complexity index is 1240. The Morgan fingerprint density at radius 3 is 2.73 bits per heavy atom. The van der Waals surface area contributed by atoms with E-state index in [2.05, 4.69) is 0 Å². The van der Waals surface area contributed by atoms with E-state index < -0.39 is 17.5 Å². The fourth-order valence-electron chi connectivity index (χ4n) is 3.58. The van der Waals surface area contributed by atoms with Gasteiger partial charge in [-0.2, -0.15) is 0 Å². The van der Waals surface area contributed by atoms with Gasteiger partial charge in [0, 0.05) is 0 Å². The van der Waals surface area contributed by atoms with Crippen LogP contribution < -0.4 is 20.8 Å². The summed E-state index contributed by atoms with van der Waals surface area (Å²) in [4.78, 5) is 25.7. The number of aromatic hydroxyl groups is 1. The number of fused-ring (bicyclic) bond motifs is 3. The average Bonchev–Trinajstić information content (AvgIpc) is 2.73. The van der Waals surface area contributed by atoms with Crippen molar-refractivity contribution in [3.8, 4) is 17.2 Å². The first-order chi connectivity index (χ1) is 14.5. The molecular formula is C22H19NO7. The fraction of sp³-hybridized carbons (Fsp3) is 0.182. The van der Waals surface area contributed by atoms with Crippen molar-refractivity contribution in [1.82, 2.24) is 0 Å². The van der Waals surface area contributed by atoms with Gasteiger partial charge >= 0.3 is 11.6 Å². The van der Waals surface area contributed by atoms with E-state index in [-0.39, 0.29) is 40.9 Å². The molecule has 0 bridgehead atoms. The summed E-state index contributed by atoms with van der Waals surface area (Å²) in [5, 5.41) is 10.5. The Morgan fingerprint density at radius 1 is 1.23 bits per heavy atom. The lowest BCUT2D eigenvalue weighted by atomic mass is 9.83. The van der Waals surface area contributed by atoms with Crippen molar-refractivity contribution >= 4 is 16.9 Å². The number of hydrogen-bond acceptors (Lipinski definition) is 8. The van der Waals surface area contributed by atoms with Crippen LogP contribution in [-0.4, -0.2) is 24.8 Å². The molecule has 3 aromatic rings. The van der Waals surface area contributed by atoms with Crippen LogP contribution in [0.3, 0.4) is 0 Å². The van der Waals surface area contributed by atoms with E-state index in [4.69, 9.17) is 24.4 Å². The maximum atomic E-state index is 13.0. The van der Waals surface area contributed by atoms with Crippen molar-refractivity contribution in [2.45, 2.75) is 12.8 Å². The fourth-order valence-corrected chi connectivity index (χ4v) is 3.58. The highest BCUT2D eigenvalue weighted by atomic mass is 16.5. The Labute approximate surface area is 171 Å². The third-order valence-electron chi connectivity index (χ3n) is 4.89. The SMILES string of the molecule is CCOC(=O)C1=C(N)Oc2c(c(=O)oc3ccccc23)[C@@H]1c1ccc(O)c(OC)c1. The van der Waals surface area contributed by atoms with E-state index in [9.17, 15) is 14.7 Å². The average molecular weight is 409 g/mol. The molecule has 30 heavy (non-hydrogen) atoms. The lowest BCUT2D eigenvalue weighted by molar-refractivity contribution is -0.139. The lowest BCUT2D eigenvalue weighted by Gasteiger charge is -2.28. The summed E-state index contributed by atoms with van der Waals surface area (Å²) in [6.07, 6.45) is 0. The predicted molar refractivity (Wildman–Crippen MR) is 107 cm³/mol. The van der Waals surface area contributed by atoms with Crippen LogP contribution in [0.25, 0.3) is 11.0 Å². The number of methoxy groups -OCH3 is 1. The van der Waals surface area contributed by atoms with Gasteiger partial charge < -0.3 is 29.5 Å². The Morgan fingerprint density at radius 2 is 2.00 bits per heavy atom. The van der Waals surface area contributed by atoms with Gasteiger partial charge in [-0.1, -0.05) is 18.2 Å². The van der Waals surface area contributed by atoms with Gasteiger partial charge in [0.05, 0.1) is 30.6 Å². The monoisotopic (exact) mass is 409 g/mol. The van der Waals surface area contributed by atoms with Crippen LogP contribution in [0.5, 0.6) is 17.2 Å². The quantitative estimate of drug-likeness (QED) is 0.498. The summed E-state index contributed by atoms with van der Waals surface area (Å²) < 4.78 is 21.6. The van der Waals surface area contributed by atoms with Gasteiger partial charge in [0.15, 0.2) is 17.2 Å². The summed E-state index contributed by atoms with van der Waals surface area (Å²) >= 11 is 0. The summed E-state index contributed by atoms with van der Waals surface area (Å²) in [5.74, 6) is -1.53. The van der Waals surface area contributed by atoms with Gasteiger partial charge in [0.1, 0.15) is 11.2 Å². The molecular weight excluding hydrogens is 390 g/mol. The molecule has 0 fully saturated rings. The first-order valence-electron chi connectivity index (χ1n) is 9.23. The number of carbonyl (C=O) groups is 1. The molecule has 1 atom stereocenters. The zero-order chi connectivity index (χ0) is 21.4. The number of nitrogens with two attached hydrogens (primary N) is 1. The van der Waals surface area contributed by atoms with Crippen LogP contribution in [-0.2, 0) is 9.53 Å². The van der Waals surface area contributed by atoms with Gasteiger partial charge in [-0.15, -0.1) is 0 Å². The number of phenolic OH excluding ortho intramolecular Hbond substituents is 1. The first-order valence-corrected chi connectivity index (χ1v) is 9.23. The molecule has 1 aromatic heterocycles. The molecule has 3 N–H and O–H groups in total. The molecule has 8 nitrogen and oxygen atoms in total. The molecule has 154 valence electrons. The number of rotatable bonds is 4. The van der Waals surface area contributed by atoms with Gasteiger partial charge in [-0.3, -0.25) is 0 Å². The van der Waals surface area contributed by atoms with E-state index >= 15 is 0 Å². The first kappa shape index (κ1) is 19.4. The molecule has 1 aliphatic rings. The van der Waals surface area contributed by atoms with Crippen LogP contribution in [0, 0.1) is 0 Å². The third kappa shape index (κ3) is 3.02. The van der Waals surface area contributed by atoms with Crippen molar-refractivity contribution in [1.29, 1.82) is 0 Å². The minimum absolute atomic E-state index is 0.0281. The standard InChI is InChI=1S/C22H19NO7/c1-3-28-21(25)18-16(11-8-9-13(24)15(10-11)27-2)17-19(30-20(18)23)12-6-4-5-7-14(12)29-22(17)26/h4-10,16,24H,3,23H2,1-2H3/t16-/m0/s1. The zero-order valence-corrected chi connectivity index (χ0v) is 16.3. The van der Waals surface area contributed by atoms with E-state index in [0.29, 0.717) is 16.5 Å². The molecule has 2 aromatic carbocycles. The summed E-state index contributed by atoms with van der Waals surface area (Å²) in [5.41, 5.74) is 6.35. The summed E-state index contributed by atoms with van der Waals surface area (Å²) in [7, 11) is 1.40. The number of benzene rings is 2. The predicted octanol–water partition coefficient (Wildman–Crippen LogP) is 2.76. The molecule has 0 saturated carbocycles. The van der Waals surface area contributed by atoms with Crippen molar-refractivity contribution in [3.05, 3.63) is 75.5 Å². The molecule has 0 spiro atoms. The van der Waals surface area contributed by atoms with Crippen LogP contribution in [0.15, 0.2) is 63.1 Å². The van der Waals surface area contributed by atoms with Crippen molar-refractivity contribution in [2.24, 2.45) is 5.73 Å². The van der Waals surface area contributed by atoms with Crippen LogP contribution in [0.2, 0.25) is 0 Å². The Kier molecular flexibility index (Phi) is 4.83. The van der Waals surface area contributed by atoms with Crippen molar-refractivity contribution in [3.63, 3.8) is 0 Å². The minimum Gasteiger partial charge on any atom is -0.504 e. The second kappa shape index (κ2) is 7.47. The number of esters is 1. The molecule has 4 rings (SSSR count). The molecule has 0 radical (unpaired) electrons. The minimum atomic E-state index is -0.942. The largest absolute Gasteiger partial charge is 0.504 e. The number of para-hydroxylation sites is 1. The maximum absolute atomic E-state index is 13.0. The second-order valence-corrected chi connectivity index (χ2v) is 6.59. The van der Waals surface area contributed by atoms with Gasteiger partial charge in [-0.05, 0) is 36.8 Å². The zero-order valence-electron chi connectivity index (χ0n) is 16.3. The maximum Gasteiger partial charge on any atom is 0.344 e. The second-order valence-electron chi connectivity index (χ2n) is 6.59. The third-order valence-corrected chi connectivity index (χ3v) is 4.89. The van der Waals surface area contributed by atoms with Crippen LogP contribution in [0.1, 0.15) is 24.0 Å². The molecule has 0 aliphatic carbocycles. The summed E-state index contributed by atoms with van der Waals surface area (Å²) in [6.45, 7) is 1.77. The van der Waals surface area contributed by atoms with Crippen LogP contribution in [0.4, 0.5) is 0 Å². The van der Waals surface area contributed by atoms with E-state index in [1.807, 2.05) is 0 Å². The Balaban J connectivity index is 2.04. The highest BCUT2D eigenvalue weighted by molar-refractivity contribution is 5.94. The number of hydrogen-bond donors (Lipinski definition) is 2. The van der Waals surface area contributed by atoms with E-state index in [1.54, 1.807) is 37.3 Å². The molecule has 2 heterocycles. The number of ether oxygens (including phenoxy) is 3. The molecule has 8 heteroatoms. The van der Waals surface area contributed by atoms with Gasteiger partial charge in [-0.25, -0.2) is 9.59 Å². The normalized spacial score (nSPS) is 15.5. The Hall–Kier alpha value is -3.94. The smallest absolute Gasteiger partial charge is 0.344 e. The lowest BCUT2D eigenvalue weighted by Crippen LogP contribution is -2.31. The molecule has 1 aliphatic heterocycles. The molecule has 0 amide bonds. The topological polar surface area (TPSA) is 121 Å². The highest BCUT2D eigenvalue weighted by Crippen LogP contribution is 2.45. The van der Waals surface area contributed by atoms with E-state index in [0.717, 1.165) is 0 Å². The number of carbonyl (C=O) groups excluding carboxylic acids is 1. The van der Waals surface area contributed by atoms with Crippen molar-refractivity contribution in [2.75, 3.05) is 13.7 Å². The van der Waals surface area contributed by atoms with Crippen molar-refractivity contribution < 1.29 is 28.5 Å². The van der Waals surface area contributed by atoms with Crippen LogP contribution >= 0.6 is 0 Å².